The second-order valence-electron chi connectivity index (χ2n) is 5.23. The molecular weight excluding hydrogens is 252 g/mol. The van der Waals surface area contributed by atoms with Gasteiger partial charge in [-0.1, -0.05) is 6.92 Å². The molecular formula is C16H24N2O2. The van der Waals surface area contributed by atoms with E-state index in [0.717, 1.165) is 49.9 Å². The van der Waals surface area contributed by atoms with Gasteiger partial charge in [-0.15, -0.1) is 0 Å². The average molecular weight is 276 g/mol. The van der Waals surface area contributed by atoms with Crippen LogP contribution in [0.15, 0.2) is 33.3 Å². The van der Waals surface area contributed by atoms with E-state index in [1.807, 2.05) is 25.1 Å². The summed E-state index contributed by atoms with van der Waals surface area (Å²) < 4.78 is 11.2. The number of nitrogens with zero attached hydrogens (tertiary/aromatic N) is 1. The zero-order valence-corrected chi connectivity index (χ0v) is 12.6. The molecule has 2 rings (SSSR count). The summed E-state index contributed by atoms with van der Waals surface area (Å²) in [5.74, 6) is 2.99. The third-order valence-corrected chi connectivity index (χ3v) is 3.21. The SMILES string of the molecule is CCCNCc1occc1CN(C)Cc1ccc(C)o1. The third-order valence-electron chi connectivity index (χ3n) is 3.21. The normalized spacial score (nSPS) is 11.4. The van der Waals surface area contributed by atoms with Crippen LogP contribution in [-0.4, -0.2) is 18.5 Å². The van der Waals surface area contributed by atoms with Gasteiger partial charge in [0.15, 0.2) is 0 Å². The van der Waals surface area contributed by atoms with E-state index in [9.17, 15) is 0 Å². The van der Waals surface area contributed by atoms with Gasteiger partial charge in [-0.3, -0.25) is 4.90 Å². The molecule has 0 saturated heterocycles. The molecule has 0 aromatic carbocycles. The molecule has 0 unspecified atom stereocenters. The lowest BCUT2D eigenvalue weighted by Gasteiger charge is -2.15. The standard InChI is InChI=1S/C16H24N2O2/c1-4-8-17-10-16-14(7-9-19-16)11-18(3)12-15-6-5-13(2)20-15/h5-7,9,17H,4,8,10-12H2,1-3H3. The van der Waals surface area contributed by atoms with E-state index in [-0.39, 0.29) is 0 Å². The number of nitrogens with one attached hydrogen (secondary N) is 1. The smallest absolute Gasteiger partial charge is 0.122 e. The van der Waals surface area contributed by atoms with Crippen molar-refractivity contribution in [3.05, 3.63) is 47.3 Å². The molecule has 0 aliphatic carbocycles. The number of aryl methyl sites for hydroxylation is 1. The van der Waals surface area contributed by atoms with Crippen molar-refractivity contribution < 1.29 is 8.83 Å². The van der Waals surface area contributed by atoms with Gasteiger partial charge < -0.3 is 14.2 Å². The van der Waals surface area contributed by atoms with Crippen molar-refractivity contribution in [2.24, 2.45) is 0 Å². The fourth-order valence-electron chi connectivity index (χ4n) is 2.22. The minimum absolute atomic E-state index is 0.796. The molecule has 0 amide bonds. The number of furan rings is 2. The van der Waals surface area contributed by atoms with Crippen molar-refractivity contribution in [1.82, 2.24) is 10.2 Å². The van der Waals surface area contributed by atoms with Gasteiger partial charge in [-0.05, 0) is 45.1 Å². The summed E-state index contributed by atoms with van der Waals surface area (Å²) in [4.78, 5) is 2.23. The van der Waals surface area contributed by atoms with Crippen molar-refractivity contribution in [1.29, 1.82) is 0 Å². The molecule has 110 valence electrons. The van der Waals surface area contributed by atoms with E-state index in [2.05, 4.69) is 24.2 Å². The molecule has 1 N–H and O–H groups in total. The van der Waals surface area contributed by atoms with Crippen LogP contribution in [0.4, 0.5) is 0 Å². The molecule has 2 aromatic heterocycles. The van der Waals surface area contributed by atoms with Crippen molar-refractivity contribution in [3.8, 4) is 0 Å². The maximum absolute atomic E-state index is 5.61. The predicted octanol–water partition coefficient (Wildman–Crippen LogP) is 3.31. The summed E-state index contributed by atoms with van der Waals surface area (Å²) >= 11 is 0. The Morgan fingerprint density at radius 3 is 2.75 bits per heavy atom. The molecule has 0 radical (unpaired) electrons. The van der Waals surface area contributed by atoms with E-state index >= 15 is 0 Å². The molecule has 0 aliphatic rings. The zero-order chi connectivity index (χ0) is 14.4. The summed E-state index contributed by atoms with van der Waals surface area (Å²) in [5, 5.41) is 3.37. The van der Waals surface area contributed by atoms with Crippen molar-refractivity contribution in [3.63, 3.8) is 0 Å². The Labute approximate surface area is 120 Å². The van der Waals surface area contributed by atoms with Gasteiger partial charge >= 0.3 is 0 Å². The highest BCUT2D eigenvalue weighted by Crippen LogP contribution is 2.15. The van der Waals surface area contributed by atoms with Crippen LogP contribution in [-0.2, 0) is 19.6 Å². The fraction of sp³-hybridized carbons (Fsp3) is 0.500. The Hall–Kier alpha value is -1.52. The molecule has 0 atom stereocenters. The lowest BCUT2D eigenvalue weighted by Crippen LogP contribution is -2.19. The van der Waals surface area contributed by atoms with Gasteiger partial charge in [0.25, 0.3) is 0 Å². The Balaban J connectivity index is 1.87. The Bertz CT molecular complexity index is 516. The van der Waals surface area contributed by atoms with E-state index in [0.29, 0.717) is 0 Å². The third kappa shape index (κ3) is 4.25. The summed E-state index contributed by atoms with van der Waals surface area (Å²) in [7, 11) is 2.09. The maximum Gasteiger partial charge on any atom is 0.122 e. The van der Waals surface area contributed by atoms with E-state index in [1.54, 1.807) is 6.26 Å². The largest absolute Gasteiger partial charge is 0.468 e. The van der Waals surface area contributed by atoms with Crippen molar-refractivity contribution in [2.45, 2.75) is 39.9 Å². The molecule has 0 aliphatic heterocycles. The van der Waals surface area contributed by atoms with Crippen LogP contribution in [0.3, 0.4) is 0 Å². The predicted molar refractivity (Wildman–Crippen MR) is 79.3 cm³/mol. The summed E-state index contributed by atoms with van der Waals surface area (Å²) in [5.41, 5.74) is 1.24. The minimum atomic E-state index is 0.796. The van der Waals surface area contributed by atoms with Crippen LogP contribution in [0.25, 0.3) is 0 Å². The number of hydrogen-bond donors (Lipinski definition) is 1. The quantitative estimate of drug-likeness (QED) is 0.751. The van der Waals surface area contributed by atoms with Gasteiger partial charge in [-0.25, -0.2) is 0 Å². The van der Waals surface area contributed by atoms with E-state index < -0.39 is 0 Å². The van der Waals surface area contributed by atoms with E-state index in [4.69, 9.17) is 8.83 Å². The lowest BCUT2D eigenvalue weighted by molar-refractivity contribution is 0.282. The minimum Gasteiger partial charge on any atom is -0.468 e. The Morgan fingerprint density at radius 2 is 2.05 bits per heavy atom. The van der Waals surface area contributed by atoms with Crippen LogP contribution in [0, 0.1) is 6.92 Å². The van der Waals surface area contributed by atoms with Crippen molar-refractivity contribution in [2.75, 3.05) is 13.6 Å². The molecule has 20 heavy (non-hydrogen) atoms. The highest BCUT2D eigenvalue weighted by atomic mass is 16.3. The highest BCUT2D eigenvalue weighted by molar-refractivity contribution is 5.17. The first-order chi connectivity index (χ1) is 9.69. The van der Waals surface area contributed by atoms with Gasteiger partial charge in [0.1, 0.15) is 17.3 Å². The fourth-order valence-corrected chi connectivity index (χ4v) is 2.22. The second kappa shape index (κ2) is 7.31. The van der Waals surface area contributed by atoms with Crippen LogP contribution in [0.2, 0.25) is 0 Å². The molecule has 4 nitrogen and oxygen atoms in total. The molecule has 2 heterocycles. The van der Waals surface area contributed by atoms with Gasteiger partial charge in [0, 0.05) is 12.1 Å². The average Bonchev–Trinajstić information content (AvgIpc) is 3.00. The summed E-state index contributed by atoms with van der Waals surface area (Å²) in [6.45, 7) is 7.61. The molecule has 0 saturated carbocycles. The summed E-state index contributed by atoms with van der Waals surface area (Å²) in [6, 6.07) is 6.08. The second-order valence-corrected chi connectivity index (χ2v) is 5.23. The lowest BCUT2D eigenvalue weighted by atomic mass is 10.2. The van der Waals surface area contributed by atoms with Gasteiger partial charge in [0.2, 0.25) is 0 Å². The maximum atomic E-state index is 5.61. The van der Waals surface area contributed by atoms with Crippen LogP contribution in [0.5, 0.6) is 0 Å². The molecule has 4 heteroatoms. The van der Waals surface area contributed by atoms with Crippen LogP contribution < -0.4 is 5.32 Å². The highest BCUT2D eigenvalue weighted by Gasteiger charge is 2.10. The monoisotopic (exact) mass is 276 g/mol. The first-order valence-corrected chi connectivity index (χ1v) is 7.19. The van der Waals surface area contributed by atoms with Crippen LogP contribution >= 0.6 is 0 Å². The Kier molecular flexibility index (Phi) is 5.44. The number of hydrogen-bond acceptors (Lipinski definition) is 4. The van der Waals surface area contributed by atoms with Gasteiger partial charge in [0.05, 0.1) is 19.4 Å². The van der Waals surface area contributed by atoms with E-state index in [1.165, 1.54) is 5.56 Å². The zero-order valence-electron chi connectivity index (χ0n) is 12.6. The summed E-state index contributed by atoms with van der Waals surface area (Å²) in [6.07, 6.45) is 2.90. The van der Waals surface area contributed by atoms with Crippen molar-refractivity contribution >= 4 is 0 Å². The number of rotatable bonds is 8. The first kappa shape index (κ1) is 14.9. The first-order valence-electron chi connectivity index (χ1n) is 7.19. The topological polar surface area (TPSA) is 41.6 Å². The Morgan fingerprint density at radius 1 is 1.20 bits per heavy atom. The molecule has 0 spiro atoms. The molecule has 0 fully saturated rings. The molecule has 0 bridgehead atoms. The van der Waals surface area contributed by atoms with Crippen LogP contribution in [0.1, 0.15) is 36.2 Å². The van der Waals surface area contributed by atoms with Gasteiger partial charge in [-0.2, -0.15) is 0 Å². The molecule has 2 aromatic rings.